The molecule has 114 valence electrons. The summed E-state index contributed by atoms with van der Waals surface area (Å²) in [6.45, 7) is 2.02. The number of carbonyl (C=O) groups is 1. The zero-order valence-electron chi connectivity index (χ0n) is 12.9. The molecule has 0 saturated carbocycles. The molecule has 0 aliphatic heterocycles. The number of pyridine rings is 1. The van der Waals surface area contributed by atoms with Crippen molar-refractivity contribution in [1.29, 1.82) is 0 Å². The minimum atomic E-state index is 0.585. The molecule has 0 amide bonds. The number of benzene rings is 1. The molecule has 0 N–H and O–H groups in total. The molecule has 4 nitrogen and oxygen atoms in total. The molecule has 0 saturated heterocycles. The van der Waals surface area contributed by atoms with Crippen molar-refractivity contribution in [2.75, 3.05) is 7.11 Å². The van der Waals surface area contributed by atoms with Crippen molar-refractivity contribution in [1.82, 2.24) is 4.40 Å². The normalized spacial score (nSPS) is 11.2. The van der Waals surface area contributed by atoms with Crippen LogP contribution in [0.25, 0.3) is 27.8 Å². The molecule has 0 aliphatic carbocycles. The van der Waals surface area contributed by atoms with Gasteiger partial charge in [-0.25, -0.2) is 0 Å². The molecule has 3 aromatic heterocycles. The van der Waals surface area contributed by atoms with E-state index in [9.17, 15) is 4.79 Å². The molecule has 1 aromatic carbocycles. The van der Waals surface area contributed by atoms with Gasteiger partial charge >= 0.3 is 0 Å². The van der Waals surface area contributed by atoms with E-state index in [-0.39, 0.29) is 0 Å². The number of ether oxygens (including phenoxy) is 1. The van der Waals surface area contributed by atoms with Gasteiger partial charge in [0.15, 0.2) is 17.6 Å². The van der Waals surface area contributed by atoms with Crippen LogP contribution in [0.1, 0.15) is 16.1 Å². The second kappa shape index (κ2) is 5.02. The summed E-state index contributed by atoms with van der Waals surface area (Å²) < 4.78 is 13.2. The maximum atomic E-state index is 11.6. The number of nitrogens with zero attached hydrogens (tertiary/aromatic N) is 1. The fourth-order valence-electron chi connectivity index (χ4n) is 3.01. The average molecular weight is 305 g/mol. The fourth-order valence-corrected chi connectivity index (χ4v) is 3.01. The van der Waals surface area contributed by atoms with Gasteiger partial charge in [0.2, 0.25) is 0 Å². The molecule has 4 aromatic rings. The summed E-state index contributed by atoms with van der Waals surface area (Å²) in [4.78, 5) is 11.6. The zero-order chi connectivity index (χ0) is 16.0. The van der Waals surface area contributed by atoms with Gasteiger partial charge in [0.25, 0.3) is 0 Å². The Kier molecular flexibility index (Phi) is 2.98. The lowest BCUT2D eigenvalue weighted by Gasteiger charge is -2.00. The van der Waals surface area contributed by atoms with Crippen molar-refractivity contribution in [2.45, 2.75) is 6.92 Å². The quantitative estimate of drug-likeness (QED) is 0.524. The lowest BCUT2D eigenvalue weighted by atomic mass is 10.1. The van der Waals surface area contributed by atoms with E-state index in [4.69, 9.17) is 9.15 Å². The van der Waals surface area contributed by atoms with Crippen molar-refractivity contribution in [3.8, 4) is 17.1 Å². The SMILES string of the molecule is COc1cccc2cc(-c3cc4c(C)cccn4c3C=O)oc12. The third kappa shape index (κ3) is 1.95. The van der Waals surface area contributed by atoms with Crippen LogP contribution in [0.5, 0.6) is 5.75 Å². The largest absolute Gasteiger partial charge is 0.493 e. The molecular weight excluding hydrogens is 290 g/mol. The Balaban J connectivity index is 2.02. The van der Waals surface area contributed by atoms with Gasteiger partial charge in [-0.05, 0) is 36.8 Å². The van der Waals surface area contributed by atoms with E-state index in [1.165, 1.54) is 0 Å². The van der Waals surface area contributed by atoms with Gasteiger partial charge in [0.05, 0.1) is 12.8 Å². The summed E-state index contributed by atoms with van der Waals surface area (Å²) >= 11 is 0. The van der Waals surface area contributed by atoms with E-state index < -0.39 is 0 Å². The lowest BCUT2D eigenvalue weighted by molar-refractivity contribution is 0.111. The summed E-state index contributed by atoms with van der Waals surface area (Å²) in [5, 5.41) is 0.947. The van der Waals surface area contributed by atoms with E-state index in [0.29, 0.717) is 22.8 Å². The zero-order valence-corrected chi connectivity index (χ0v) is 12.9. The Labute approximate surface area is 132 Å². The molecule has 0 fully saturated rings. The number of hydrogen-bond donors (Lipinski definition) is 0. The first kappa shape index (κ1) is 13.6. The summed E-state index contributed by atoms with van der Waals surface area (Å²) in [6.07, 6.45) is 2.75. The third-order valence-corrected chi connectivity index (χ3v) is 4.17. The molecule has 0 unspecified atom stereocenters. The van der Waals surface area contributed by atoms with E-state index in [1.54, 1.807) is 7.11 Å². The Morgan fingerprint density at radius 2 is 2.04 bits per heavy atom. The molecule has 3 heterocycles. The van der Waals surface area contributed by atoms with Crippen LogP contribution < -0.4 is 4.74 Å². The number of methoxy groups -OCH3 is 1. The lowest BCUT2D eigenvalue weighted by Crippen LogP contribution is -1.92. The van der Waals surface area contributed by atoms with Crippen molar-refractivity contribution < 1.29 is 13.9 Å². The maximum Gasteiger partial charge on any atom is 0.176 e. The van der Waals surface area contributed by atoms with Crippen LogP contribution in [0.4, 0.5) is 0 Å². The summed E-state index contributed by atoms with van der Waals surface area (Å²) in [7, 11) is 1.61. The number of furan rings is 1. The van der Waals surface area contributed by atoms with E-state index in [2.05, 4.69) is 0 Å². The standard InChI is InChI=1S/C19H15NO3/c1-12-5-4-8-20-15(12)10-14(16(20)11-21)18-9-13-6-3-7-17(22-2)19(13)23-18/h3-11H,1-2H3. The minimum absolute atomic E-state index is 0.585. The van der Waals surface area contributed by atoms with Crippen LogP contribution in [0.15, 0.2) is 53.1 Å². The Morgan fingerprint density at radius 3 is 2.83 bits per heavy atom. The predicted molar refractivity (Wildman–Crippen MR) is 89.3 cm³/mol. The summed E-state index contributed by atoms with van der Waals surface area (Å²) in [6, 6.07) is 13.6. The van der Waals surface area contributed by atoms with E-state index in [0.717, 1.165) is 28.3 Å². The van der Waals surface area contributed by atoms with Crippen LogP contribution in [-0.4, -0.2) is 17.8 Å². The number of aromatic nitrogens is 1. The van der Waals surface area contributed by atoms with Crippen LogP contribution in [0.2, 0.25) is 0 Å². The third-order valence-electron chi connectivity index (χ3n) is 4.17. The smallest absolute Gasteiger partial charge is 0.176 e. The molecule has 4 heteroatoms. The first-order chi connectivity index (χ1) is 11.2. The number of aldehydes is 1. The van der Waals surface area contributed by atoms with Crippen molar-refractivity contribution in [2.24, 2.45) is 0 Å². The van der Waals surface area contributed by atoms with E-state index >= 15 is 0 Å². The van der Waals surface area contributed by atoms with Crippen LogP contribution in [-0.2, 0) is 0 Å². The molecule has 0 atom stereocenters. The Hall–Kier alpha value is -3.01. The molecule has 0 bridgehead atoms. The number of rotatable bonds is 3. The fraction of sp³-hybridized carbons (Fsp3) is 0.105. The second-order valence-corrected chi connectivity index (χ2v) is 5.50. The van der Waals surface area contributed by atoms with E-state index in [1.807, 2.05) is 60.0 Å². The van der Waals surface area contributed by atoms with Gasteiger partial charge in [0, 0.05) is 22.7 Å². The van der Waals surface area contributed by atoms with Gasteiger partial charge in [-0.2, -0.15) is 0 Å². The molecule has 0 aliphatic rings. The number of carbonyl (C=O) groups excluding carboxylic acids is 1. The van der Waals surface area contributed by atoms with Gasteiger partial charge in [-0.15, -0.1) is 0 Å². The highest BCUT2D eigenvalue weighted by Gasteiger charge is 2.17. The number of hydrogen-bond acceptors (Lipinski definition) is 3. The predicted octanol–water partition coefficient (Wildman–Crippen LogP) is 4.48. The van der Waals surface area contributed by atoms with Crippen molar-refractivity contribution in [3.05, 3.63) is 59.9 Å². The Bertz CT molecular complexity index is 1040. The Morgan fingerprint density at radius 1 is 1.17 bits per heavy atom. The van der Waals surface area contributed by atoms with Crippen LogP contribution in [0, 0.1) is 6.92 Å². The summed E-state index contributed by atoms with van der Waals surface area (Å²) in [5.74, 6) is 1.34. The number of fused-ring (bicyclic) bond motifs is 2. The molecule has 0 spiro atoms. The monoisotopic (exact) mass is 305 g/mol. The first-order valence-corrected chi connectivity index (χ1v) is 7.35. The highest BCUT2D eigenvalue weighted by atomic mass is 16.5. The second-order valence-electron chi connectivity index (χ2n) is 5.50. The molecule has 23 heavy (non-hydrogen) atoms. The minimum Gasteiger partial charge on any atom is -0.493 e. The maximum absolute atomic E-state index is 11.6. The van der Waals surface area contributed by atoms with Crippen LogP contribution >= 0.6 is 0 Å². The van der Waals surface area contributed by atoms with Gasteiger partial charge in [-0.1, -0.05) is 18.2 Å². The number of aryl methyl sites for hydroxylation is 1. The van der Waals surface area contributed by atoms with Crippen molar-refractivity contribution >= 4 is 22.8 Å². The van der Waals surface area contributed by atoms with Crippen LogP contribution in [0.3, 0.4) is 0 Å². The van der Waals surface area contributed by atoms with Gasteiger partial charge in [0.1, 0.15) is 5.76 Å². The van der Waals surface area contributed by atoms with Gasteiger partial charge < -0.3 is 13.6 Å². The number of para-hydroxylation sites is 1. The molecule has 4 rings (SSSR count). The molecule has 0 radical (unpaired) electrons. The highest BCUT2D eigenvalue weighted by molar-refractivity contribution is 5.93. The van der Waals surface area contributed by atoms with Gasteiger partial charge in [-0.3, -0.25) is 4.79 Å². The average Bonchev–Trinajstić information content (AvgIpc) is 3.15. The van der Waals surface area contributed by atoms with Crippen molar-refractivity contribution in [3.63, 3.8) is 0 Å². The highest BCUT2D eigenvalue weighted by Crippen LogP contribution is 2.36. The summed E-state index contributed by atoms with van der Waals surface area (Å²) in [5.41, 5.74) is 4.16. The first-order valence-electron chi connectivity index (χ1n) is 7.35. The molecular formula is C19H15NO3. The topological polar surface area (TPSA) is 43.9 Å².